The number of nitrogens with zero attached hydrogens (tertiary/aromatic N) is 2. The van der Waals surface area contributed by atoms with Gasteiger partial charge in [0.15, 0.2) is 17.2 Å². The number of carbonyl (C=O) groups is 1. The number of ether oxygens (including phenoxy) is 2. The fourth-order valence-corrected chi connectivity index (χ4v) is 1.98. The number of rotatable bonds is 6. The third kappa shape index (κ3) is 3.34. The molecule has 0 radical (unpaired) electrons. The summed E-state index contributed by atoms with van der Waals surface area (Å²) in [6, 6.07) is 8.88. The van der Waals surface area contributed by atoms with Gasteiger partial charge in [0.1, 0.15) is 6.61 Å². The molecule has 2 rings (SSSR count). The molecule has 0 spiro atoms. The van der Waals surface area contributed by atoms with Gasteiger partial charge in [0, 0.05) is 6.04 Å². The number of para-hydroxylation sites is 2. The standard InChI is InChI=1S/C15H18N2O4/c1-10(2)17-11(8-12(16-17)15(18)19)9-21-14-7-5-4-6-13(14)20-3/h4-8,10H,9H2,1-3H3,(H,18,19). The number of benzene rings is 1. The molecule has 112 valence electrons. The number of carboxylic acids is 1. The largest absolute Gasteiger partial charge is 0.493 e. The highest BCUT2D eigenvalue weighted by Gasteiger charge is 2.16. The molecule has 1 heterocycles. The third-order valence-electron chi connectivity index (χ3n) is 2.97. The Labute approximate surface area is 122 Å². The quantitative estimate of drug-likeness (QED) is 0.885. The van der Waals surface area contributed by atoms with Crippen LogP contribution in [0.1, 0.15) is 36.1 Å². The van der Waals surface area contributed by atoms with E-state index in [1.54, 1.807) is 23.9 Å². The van der Waals surface area contributed by atoms with E-state index in [0.717, 1.165) is 0 Å². The van der Waals surface area contributed by atoms with Crippen molar-refractivity contribution in [1.29, 1.82) is 0 Å². The third-order valence-corrected chi connectivity index (χ3v) is 2.97. The molecule has 6 heteroatoms. The minimum absolute atomic E-state index is 0.0160. The Bertz CT molecular complexity index is 634. The van der Waals surface area contributed by atoms with E-state index in [9.17, 15) is 4.79 Å². The highest BCUT2D eigenvalue weighted by Crippen LogP contribution is 2.27. The molecular weight excluding hydrogens is 272 g/mol. The van der Waals surface area contributed by atoms with Crippen LogP contribution in [0.25, 0.3) is 0 Å². The van der Waals surface area contributed by atoms with E-state index >= 15 is 0 Å². The normalized spacial score (nSPS) is 10.7. The van der Waals surface area contributed by atoms with Crippen LogP contribution in [0.4, 0.5) is 0 Å². The van der Waals surface area contributed by atoms with Crippen molar-refractivity contribution < 1.29 is 19.4 Å². The predicted molar refractivity (Wildman–Crippen MR) is 76.9 cm³/mol. The number of aromatic nitrogens is 2. The van der Waals surface area contributed by atoms with E-state index in [0.29, 0.717) is 17.2 Å². The first kappa shape index (κ1) is 14.9. The molecule has 0 atom stereocenters. The SMILES string of the molecule is COc1ccccc1OCc1cc(C(=O)O)nn1C(C)C. The Morgan fingerprint density at radius 2 is 2.00 bits per heavy atom. The van der Waals surface area contributed by atoms with Gasteiger partial charge in [0.2, 0.25) is 0 Å². The van der Waals surface area contributed by atoms with Gasteiger partial charge in [-0.25, -0.2) is 4.79 Å². The Morgan fingerprint density at radius 3 is 2.57 bits per heavy atom. The summed E-state index contributed by atoms with van der Waals surface area (Å²) in [6.45, 7) is 4.09. The zero-order valence-corrected chi connectivity index (χ0v) is 12.2. The van der Waals surface area contributed by atoms with Crippen LogP contribution >= 0.6 is 0 Å². The van der Waals surface area contributed by atoms with Gasteiger partial charge in [-0.3, -0.25) is 4.68 Å². The van der Waals surface area contributed by atoms with Crippen molar-refractivity contribution in [3.8, 4) is 11.5 Å². The van der Waals surface area contributed by atoms with E-state index in [2.05, 4.69) is 5.10 Å². The first-order chi connectivity index (χ1) is 10.0. The van der Waals surface area contributed by atoms with Gasteiger partial charge in [-0.1, -0.05) is 12.1 Å². The van der Waals surface area contributed by atoms with Gasteiger partial charge in [-0.2, -0.15) is 5.10 Å². The van der Waals surface area contributed by atoms with Gasteiger partial charge < -0.3 is 14.6 Å². The van der Waals surface area contributed by atoms with E-state index < -0.39 is 5.97 Å². The van der Waals surface area contributed by atoms with Crippen molar-refractivity contribution >= 4 is 5.97 Å². The van der Waals surface area contributed by atoms with E-state index in [1.165, 1.54) is 6.07 Å². The highest BCUT2D eigenvalue weighted by molar-refractivity contribution is 5.85. The van der Waals surface area contributed by atoms with Crippen LogP contribution in [0.5, 0.6) is 11.5 Å². The first-order valence-electron chi connectivity index (χ1n) is 6.60. The van der Waals surface area contributed by atoms with Crippen LogP contribution in [0.2, 0.25) is 0 Å². The topological polar surface area (TPSA) is 73.6 Å². The van der Waals surface area contributed by atoms with Crippen molar-refractivity contribution in [3.63, 3.8) is 0 Å². The lowest BCUT2D eigenvalue weighted by atomic mass is 10.3. The van der Waals surface area contributed by atoms with E-state index in [1.807, 2.05) is 26.0 Å². The smallest absolute Gasteiger partial charge is 0.356 e. The number of methoxy groups -OCH3 is 1. The lowest BCUT2D eigenvalue weighted by Gasteiger charge is -2.13. The van der Waals surface area contributed by atoms with Gasteiger partial charge in [0.25, 0.3) is 0 Å². The predicted octanol–water partition coefficient (Wildman–Crippen LogP) is 2.75. The Morgan fingerprint density at radius 1 is 1.33 bits per heavy atom. The Hall–Kier alpha value is -2.50. The molecule has 1 N–H and O–H groups in total. The molecule has 0 fully saturated rings. The minimum atomic E-state index is -1.05. The Balaban J connectivity index is 2.21. The van der Waals surface area contributed by atoms with Gasteiger partial charge in [0.05, 0.1) is 12.8 Å². The number of carboxylic acid groups (broad SMARTS) is 1. The molecule has 0 saturated heterocycles. The average Bonchev–Trinajstić information content (AvgIpc) is 2.90. The molecule has 0 aliphatic carbocycles. The molecule has 1 aromatic carbocycles. The van der Waals surface area contributed by atoms with Crippen molar-refractivity contribution in [2.24, 2.45) is 0 Å². The highest BCUT2D eigenvalue weighted by atomic mass is 16.5. The second kappa shape index (κ2) is 6.30. The second-order valence-electron chi connectivity index (χ2n) is 4.80. The summed E-state index contributed by atoms with van der Waals surface area (Å²) in [7, 11) is 1.57. The lowest BCUT2D eigenvalue weighted by Crippen LogP contribution is -2.10. The molecule has 21 heavy (non-hydrogen) atoms. The summed E-state index contributed by atoms with van der Waals surface area (Å²) < 4.78 is 12.6. The maximum absolute atomic E-state index is 11.0. The monoisotopic (exact) mass is 290 g/mol. The van der Waals surface area contributed by atoms with Crippen molar-refractivity contribution in [1.82, 2.24) is 9.78 Å². The zero-order valence-electron chi connectivity index (χ0n) is 12.2. The molecule has 0 unspecified atom stereocenters. The lowest BCUT2D eigenvalue weighted by molar-refractivity contribution is 0.0689. The van der Waals surface area contributed by atoms with Crippen LogP contribution in [0.3, 0.4) is 0 Å². The molecule has 0 saturated carbocycles. The molecule has 0 aliphatic heterocycles. The van der Waals surface area contributed by atoms with Crippen molar-refractivity contribution in [3.05, 3.63) is 41.7 Å². The molecule has 1 aromatic heterocycles. The molecule has 0 aliphatic rings. The van der Waals surface area contributed by atoms with Gasteiger partial charge in [-0.05, 0) is 32.0 Å². The van der Waals surface area contributed by atoms with E-state index in [4.69, 9.17) is 14.6 Å². The van der Waals surface area contributed by atoms with Crippen LogP contribution in [0, 0.1) is 0 Å². The van der Waals surface area contributed by atoms with Crippen LogP contribution in [-0.2, 0) is 6.61 Å². The van der Waals surface area contributed by atoms with E-state index in [-0.39, 0.29) is 18.3 Å². The number of hydrogen-bond acceptors (Lipinski definition) is 4. The maximum atomic E-state index is 11.0. The molecule has 2 aromatic rings. The summed E-state index contributed by atoms with van der Waals surface area (Å²) >= 11 is 0. The summed E-state index contributed by atoms with van der Waals surface area (Å²) in [5, 5.41) is 13.1. The van der Waals surface area contributed by atoms with Gasteiger partial charge in [-0.15, -0.1) is 0 Å². The van der Waals surface area contributed by atoms with Crippen molar-refractivity contribution in [2.45, 2.75) is 26.5 Å². The minimum Gasteiger partial charge on any atom is -0.493 e. The van der Waals surface area contributed by atoms with Crippen LogP contribution in [0.15, 0.2) is 30.3 Å². The van der Waals surface area contributed by atoms with Crippen LogP contribution in [-0.4, -0.2) is 28.0 Å². The fourth-order valence-electron chi connectivity index (χ4n) is 1.98. The number of hydrogen-bond donors (Lipinski definition) is 1. The molecule has 6 nitrogen and oxygen atoms in total. The fraction of sp³-hybridized carbons (Fsp3) is 0.333. The van der Waals surface area contributed by atoms with Crippen LogP contribution < -0.4 is 9.47 Å². The summed E-state index contributed by atoms with van der Waals surface area (Å²) in [6.07, 6.45) is 0. The molecule has 0 bridgehead atoms. The maximum Gasteiger partial charge on any atom is 0.356 e. The summed E-state index contributed by atoms with van der Waals surface area (Å²) in [5.41, 5.74) is 0.718. The summed E-state index contributed by atoms with van der Waals surface area (Å²) in [5.74, 6) is 0.188. The molecule has 0 amide bonds. The number of aromatic carboxylic acids is 1. The first-order valence-corrected chi connectivity index (χ1v) is 6.60. The zero-order chi connectivity index (χ0) is 15.4. The van der Waals surface area contributed by atoms with Gasteiger partial charge >= 0.3 is 5.97 Å². The second-order valence-corrected chi connectivity index (χ2v) is 4.80. The average molecular weight is 290 g/mol. The molecular formula is C15H18N2O4. The Kier molecular flexibility index (Phi) is 4.47. The summed E-state index contributed by atoms with van der Waals surface area (Å²) in [4.78, 5) is 11.0. The van der Waals surface area contributed by atoms with Crippen molar-refractivity contribution in [2.75, 3.05) is 7.11 Å².